The molecule has 4 aromatic carbocycles. The van der Waals surface area contributed by atoms with Crippen molar-refractivity contribution < 1.29 is 45.4 Å². The van der Waals surface area contributed by atoms with Gasteiger partial charge in [0.15, 0.2) is 0 Å². The summed E-state index contributed by atoms with van der Waals surface area (Å²) in [6, 6.07) is 28.1. The number of aryl methyl sites for hydroxylation is 2. The first-order valence-corrected chi connectivity index (χ1v) is 24.2. The van der Waals surface area contributed by atoms with Crippen LogP contribution in [-0.4, -0.2) is 84.8 Å². The number of amidine groups is 2. The fourth-order valence-corrected chi connectivity index (χ4v) is 10.1. The largest absolute Gasteiger partial charge is 0.416 e. The molecule has 0 radical (unpaired) electrons. The van der Waals surface area contributed by atoms with Gasteiger partial charge in [-0.25, -0.2) is 0 Å². The highest BCUT2D eigenvalue weighted by molar-refractivity contribution is 6.05. The van der Waals surface area contributed by atoms with Crippen molar-refractivity contribution in [2.45, 2.75) is 128 Å². The average Bonchev–Trinajstić information content (AvgIpc) is 3.93. The summed E-state index contributed by atoms with van der Waals surface area (Å²) in [7, 11) is 0. The van der Waals surface area contributed by atoms with Gasteiger partial charge in [0, 0.05) is 25.9 Å². The molecule has 0 bridgehead atoms. The molecule has 2 saturated heterocycles. The van der Waals surface area contributed by atoms with Gasteiger partial charge in [0.05, 0.1) is 59.7 Å². The quantitative estimate of drug-likeness (QED) is 0.122. The van der Waals surface area contributed by atoms with E-state index in [1.807, 2.05) is 84.3 Å². The molecule has 2 fully saturated rings. The summed E-state index contributed by atoms with van der Waals surface area (Å²) in [5.41, 5.74) is 1.87. The number of rotatable bonds is 14. The third kappa shape index (κ3) is 12.0. The molecule has 16 heteroatoms. The number of halogens is 6. The lowest BCUT2D eigenvalue weighted by atomic mass is 9.81. The van der Waals surface area contributed by atoms with E-state index < -0.39 is 46.8 Å². The van der Waals surface area contributed by atoms with Crippen molar-refractivity contribution in [3.05, 3.63) is 142 Å². The molecule has 0 unspecified atom stereocenters. The Morgan fingerprint density at radius 3 is 1.30 bits per heavy atom. The van der Waals surface area contributed by atoms with Gasteiger partial charge in [0.2, 0.25) is 11.8 Å². The standard InChI is InChI=1S/2C27H32F3N3O2/c2*1-4-24-31-16-25(34)33(24)23-10-11-26(32-15-23,21-8-6-5-7-9-21)17-35-19(3)20-12-18(2)13-22(14-20)27(28,29)30/h2*5-9,12-14,19,23,32H,4,10-11,15-17H2,1-3H3/t19-,23+,26-;19-,23-,26-/m11/s1. The van der Waals surface area contributed by atoms with E-state index in [-0.39, 0.29) is 37.0 Å². The number of hydrogen-bond acceptors (Lipinski definition) is 8. The van der Waals surface area contributed by atoms with Crippen molar-refractivity contribution in [1.82, 2.24) is 20.4 Å². The molecule has 10 nitrogen and oxygen atoms in total. The number of ether oxygens (including phenoxy) is 2. The van der Waals surface area contributed by atoms with Crippen molar-refractivity contribution in [3.8, 4) is 0 Å². The zero-order valence-electron chi connectivity index (χ0n) is 40.7. The first kappa shape index (κ1) is 52.4. The number of piperidine rings is 2. The van der Waals surface area contributed by atoms with Crippen molar-refractivity contribution in [2.24, 2.45) is 9.98 Å². The highest BCUT2D eigenvalue weighted by Crippen LogP contribution is 2.39. The predicted molar refractivity (Wildman–Crippen MR) is 258 cm³/mol. The lowest BCUT2D eigenvalue weighted by Crippen LogP contribution is -2.58. The molecule has 0 saturated carbocycles. The van der Waals surface area contributed by atoms with E-state index in [1.54, 1.807) is 39.8 Å². The molecule has 0 aliphatic carbocycles. The van der Waals surface area contributed by atoms with Crippen molar-refractivity contribution in [1.29, 1.82) is 0 Å². The Labute approximate surface area is 406 Å². The molecule has 2 amide bonds. The van der Waals surface area contributed by atoms with Gasteiger partial charge in [-0.2, -0.15) is 26.3 Å². The topological polar surface area (TPSA) is 108 Å². The summed E-state index contributed by atoms with van der Waals surface area (Å²) in [5.74, 6) is 1.73. The van der Waals surface area contributed by atoms with Crippen molar-refractivity contribution >= 4 is 23.5 Å². The number of nitrogens with zero attached hydrogens (tertiary/aromatic N) is 4. The summed E-state index contributed by atoms with van der Waals surface area (Å²) in [6.45, 7) is 13.1. The van der Waals surface area contributed by atoms with E-state index in [0.29, 0.717) is 61.4 Å². The molecule has 4 aliphatic heterocycles. The number of nitrogens with one attached hydrogen (secondary N) is 2. The summed E-state index contributed by atoms with van der Waals surface area (Å²) in [6.07, 6.45) is -5.44. The normalized spacial score (nSPS) is 23.9. The number of alkyl halides is 6. The van der Waals surface area contributed by atoms with Crippen LogP contribution in [0.3, 0.4) is 0 Å². The third-order valence-electron chi connectivity index (χ3n) is 14.0. The Kier molecular flexibility index (Phi) is 16.4. The van der Waals surface area contributed by atoms with E-state index in [9.17, 15) is 35.9 Å². The fourth-order valence-electron chi connectivity index (χ4n) is 10.1. The molecule has 0 aromatic heterocycles. The minimum absolute atomic E-state index is 0.0177. The fraction of sp³-hybridized carbons (Fsp3) is 0.481. The van der Waals surface area contributed by atoms with Crippen LogP contribution in [0.25, 0.3) is 0 Å². The smallest absolute Gasteiger partial charge is 0.372 e. The number of hydrogen-bond donors (Lipinski definition) is 2. The first-order valence-electron chi connectivity index (χ1n) is 24.2. The molecule has 8 rings (SSSR count). The summed E-state index contributed by atoms with van der Waals surface area (Å²) in [5, 5.41) is 7.28. The van der Waals surface area contributed by atoms with Crippen LogP contribution in [-0.2, 0) is 42.5 Å². The average molecular weight is 975 g/mol. The maximum Gasteiger partial charge on any atom is 0.416 e. The van der Waals surface area contributed by atoms with Crippen LogP contribution < -0.4 is 10.6 Å². The zero-order valence-corrected chi connectivity index (χ0v) is 40.7. The SMILES string of the molecule is CCC1=NCC(=O)N1[C@@H]1CC[C@@](CO[C@H](C)c2cc(C)cc(C(F)(F)F)c2)(c2ccccc2)NC1.CCC1=NCC(=O)N1[C@H]1CC[C@@](CO[C@H](C)c2cc(C)cc(C(F)(F)F)c2)(c2ccccc2)NC1. The second-order valence-corrected chi connectivity index (χ2v) is 18.9. The Hall–Kier alpha value is -5.42. The van der Waals surface area contributed by atoms with Crippen LogP contribution in [0.4, 0.5) is 26.3 Å². The van der Waals surface area contributed by atoms with E-state index in [4.69, 9.17) is 9.47 Å². The van der Waals surface area contributed by atoms with Crippen LogP contribution in [0.15, 0.2) is 107 Å². The Bertz CT molecular complexity index is 2330. The van der Waals surface area contributed by atoms with Crippen LogP contribution in [0.2, 0.25) is 0 Å². The van der Waals surface area contributed by atoms with Crippen LogP contribution in [0.1, 0.15) is 123 Å². The minimum Gasteiger partial charge on any atom is -0.372 e. The molecule has 6 atom stereocenters. The maximum absolute atomic E-state index is 13.3. The van der Waals surface area contributed by atoms with Gasteiger partial charge in [-0.1, -0.05) is 97.8 Å². The molecule has 376 valence electrons. The van der Waals surface area contributed by atoms with Gasteiger partial charge in [-0.15, -0.1) is 0 Å². The Balaban J connectivity index is 0.000000206. The van der Waals surface area contributed by atoms with Crippen LogP contribution >= 0.6 is 0 Å². The molecule has 0 spiro atoms. The predicted octanol–water partition coefficient (Wildman–Crippen LogP) is 10.8. The number of carbonyl (C=O) groups excluding carboxylic acids is 2. The third-order valence-corrected chi connectivity index (χ3v) is 14.0. The molecule has 4 aliphatic rings. The Morgan fingerprint density at radius 1 is 0.614 bits per heavy atom. The maximum atomic E-state index is 13.3. The van der Waals surface area contributed by atoms with Gasteiger partial charge >= 0.3 is 12.4 Å². The van der Waals surface area contributed by atoms with Crippen LogP contribution in [0.5, 0.6) is 0 Å². The Morgan fingerprint density at radius 2 is 0.986 bits per heavy atom. The molecule has 2 N–H and O–H groups in total. The van der Waals surface area contributed by atoms with Gasteiger partial charge in [-0.3, -0.25) is 29.4 Å². The summed E-state index contributed by atoms with van der Waals surface area (Å²) < 4.78 is 92.4. The second-order valence-electron chi connectivity index (χ2n) is 18.9. The summed E-state index contributed by atoms with van der Waals surface area (Å²) >= 11 is 0. The van der Waals surface area contributed by atoms with E-state index >= 15 is 0 Å². The first-order chi connectivity index (χ1) is 33.3. The van der Waals surface area contributed by atoms with Gasteiger partial charge in [0.1, 0.15) is 24.8 Å². The van der Waals surface area contributed by atoms with Crippen LogP contribution in [0, 0.1) is 13.8 Å². The van der Waals surface area contributed by atoms with Gasteiger partial charge < -0.3 is 20.1 Å². The van der Waals surface area contributed by atoms with Gasteiger partial charge in [0.25, 0.3) is 0 Å². The van der Waals surface area contributed by atoms with E-state index in [2.05, 4.69) is 20.6 Å². The van der Waals surface area contributed by atoms with Crippen molar-refractivity contribution in [2.75, 3.05) is 39.4 Å². The lowest BCUT2D eigenvalue weighted by Gasteiger charge is -2.44. The molecule has 70 heavy (non-hydrogen) atoms. The van der Waals surface area contributed by atoms with E-state index in [1.165, 1.54) is 12.1 Å². The lowest BCUT2D eigenvalue weighted by molar-refractivity contribution is -0.138. The highest BCUT2D eigenvalue weighted by atomic mass is 19.4. The number of amides is 2. The molecule has 4 heterocycles. The molecular formula is C54H64F6N6O4. The van der Waals surface area contributed by atoms with E-state index in [0.717, 1.165) is 60.6 Å². The summed E-state index contributed by atoms with van der Waals surface area (Å²) in [4.78, 5) is 37.3. The van der Waals surface area contributed by atoms with Crippen molar-refractivity contribution in [3.63, 3.8) is 0 Å². The second kappa shape index (κ2) is 21.9. The number of carbonyl (C=O) groups is 2. The van der Waals surface area contributed by atoms with Gasteiger partial charge in [-0.05, 0) is 99.9 Å². The molecular weight excluding hydrogens is 911 g/mol. The zero-order chi connectivity index (χ0) is 50.4. The highest BCUT2D eigenvalue weighted by Gasteiger charge is 2.44. The molecule has 4 aromatic rings. The minimum atomic E-state index is -4.40. The monoisotopic (exact) mass is 974 g/mol. The number of benzene rings is 4. The number of aliphatic imine (C=N–C) groups is 2.